The lowest BCUT2D eigenvalue weighted by Crippen LogP contribution is -2.45. The van der Waals surface area contributed by atoms with E-state index in [2.05, 4.69) is 5.10 Å². The molecule has 0 bridgehead atoms. The van der Waals surface area contributed by atoms with E-state index >= 15 is 0 Å². The number of hydrogen-bond donors (Lipinski definition) is 1. The van der Waals surface area contributed by atoms with Crippen LogP contribution in [0.2, 0.25) is 0 Å². The Labute approximate surface area is 127 Å². The highest BCUT2D eigenvalue weighted by molar-refractivity contribution is 5.80. The van der Waals surface area contributed by atoms with Crippen LogP contribution in [0.3, 0.4) is 0 Å². The van der Waals surface area contributed by atoms with Crippen LogP contribution < -0.4 is 5.73 Å². The van der Waals surface area contributed by atoms with Gasteiger partial charge in [0.05, 0.1) is 10.8 Å². The minimum Gasteiger partial charge on any atom is -0.369 e. The number of amides is 2. The molecule has 0 aliphatic carbocycles. The number of nitrogens with two attached hydrogens (primary N) is 1. The summed E-state index contributed by atoms with van der Waals surface area (Å²) < 4.78 is 1.34. The van der Waals surface area contributed by atoms with Gasteiger partial charge in [-0.2, -0.15) is 5.10 Å². The van der Waals surface area contributed by atoms with Crippen molar-refractivity contribution in [3.8, 4) is 0 Å². The molecule has 2 heterocycles. The SMILES string of the molecule is Cc1nn(CC(=O)N2CCCC(C(N)=O)C2)c(C)c1[N+](=O)[O-]. The fourth-order valence-corrected chi connectivity index (χ4v) is 2.77. The van der Waals surface area contributed by atoms with Crippen molar-refractivity contribution >= 4 is 17.5 Å². The van der Waals surface area contributed by atoms with Gasteiger partial charge in [-0.15, -0.1) is 0 Å². The van der Waals surface area contributed by atoms with Crippen molar-refractivity contribution in [1.82, 2.24) is 14.7 Å². The zero-order valence-corrected chi connectivity index (χ0v) is 12.6. The molecule has 22 heavy (non-hydrogen) atoms. The van der Waals surface area contributed by atoms with Gasteiger partial charge in [0.1, 0.15) is 17.9 Å². The molecule has 9 nitrogen and oxygen atoms in total. The highest BCUT2D eigenvalue weighted by Gasteiger charge is 2.28. The van der Waals surface area contributed by atoms with Crippen LogP contribution in [0.15, 0.2) is 0 Å². The molecule has 2 N–H and O–H groups in total. The predicted molar refractivity (Wildman–Crippen MR) is 76.9 cm³/mol. The number of carbonyl (C=O) groups is 2. The van der Waals surface area contributed by atoms with Crippen molar-refractivity contribution in [3.63, 3.8) is 0 Å². The standard InChI is InChI=1S/C13H19N5O4/c1-8-12(18(21)22)9(2)17(15-8)7-11(19)16-5-3-4-10(6-16)13(14)20/h10H,3-7H2,1-2H3,(H2,14,20). The topological polar surface area (TPSA) is 124 Å². The van der Waals surface area contributed by atoms with E-state index in [1.54, 1.807) is 11.8 Å². The lowest BCUT2D eigenvalue weighted by atomic mass is 9.97. The van der Waals surface area contributed by atoms with Crippen molar-refractivity contribution in [2.75, 3.05) is 13.1 Å². The Balaban J connectivity index is 2.11. The van der Waals surface area contributed by atoms with Crippen molar-refractivity contribution < 1.29 is 14.5 Å². The number of nitrogens with zero attached hydrogens (tertiary/aromatic N) is 4. The Morgan fingerprint density at radius 2 is 2.14 bits per heavy atom. The monoisotopic (exact) mass is 309 g/mol. The summed E-state index contributed by atoms with van der Waals surface area (Å²) >= 11 is 0. The van der Waals surface area contributed by atoms with E-state index in [0.29, 0.717) is 25.2 Å². The first-order valence-corrected chi connectivity index (χ1v) is 7.06. The quantitative estimate of drug-likeness (QED) is 0.625. The van der Waals surface area contributed by atoms with E-state index in [9.17, 15) is 19.7 Å². The van der Waals surface area contributed by atoms with Crippen molar-refractivity contribution in [2.45, 2.75) is 33.2 Å². The summed E-state index contributed by atoms with van der Waals surface area (Å²) in [6.07, 6.45) is 1.40. The molecular weight excluding hydrogens is 290 g/mol. The predicted octanol–water partition coefficient (Wildman–Crippen LogP) is 0.132. The molecule has 1 saturated heterocycles. The Hall–Kier alpha value is -2.45. The largest absolute Gasteiger partial charge is 0.369 e. The average Bonchev–Trinajstić information content (AvgIpc) is 2.73. The summed E-state index contributed by atoms with van der Waals surface area (Å²) in [5.74, 6) is -0.946. The molecular formula is C13H19N5O4. The van der Waals surface area contributed by atoms with E-state index < -0.39 is 10.8 Å². The van der Waals surface area contributed by atoms with Crippen molar-refractivity contribution in [2.24, 2.45) is 11.7 Å². The number of aromatic nitrogens is 2. The zero-order chi connectivity index (χ0) is 16.4. The maximum atomic E-state index is 12.3. The molecule has 0 aromatic carbocycles. The van der Waals surface area contributed by atoms with Crippen LogP contribution in [0.1, 0.15) is 24.2 Å². The molecule has 0 radical (unpaired) electrons. The van der Waals surface area contributed by atoms with Gasteiger partial charge in [-0.05, 0) is 26.7 Å². The van der Waals surface area contributed by atoms with Crippen molar-refractivity contribution in [1.29, 1.82) is 0 Å². The van der Waals surface area contributed by atoms with E-state index in [0.717, 1.165) is 6.42 Å². The minimum atomic E-state index is -0.497. The lowest BCUT2D eigenvalue weighted by Gasteiger charge is -2.31. The van der Waals surface area contributed by atoms with Crippen LogP contribution in [-0.4, -0.2) is 44.5 Å². The molecule has 2 amide bonds. The molecule has 9 heteroatoms. The van der Waals surface area contributed by atoms with Gasteiger partial charge in [0, 0.05) is 13.1 Å². The maximum Gasteiger partial charge on any atom is 0.312 e. The molecule has 0 saturated carbocycles. The van der Waals surface area contributed by atoms with E-state index in [1.807, 2.05) is 0 Å². The zero-order valence-electron chi connectivity index (χ0n) is 12.6. The van der Waals surface area contributed by atoms with Crippen LogP contribution >= 0.6 is 0 Å². The second kappa shape index (κ2) is 6.12. The third-order valence-corrected chi connectivity index (χ3v) is 3.99. The fourth-order valence-electron chi connectivity index (χ4n) is 2.77. The van der Waals surface area contributed by atoms with E-state index in [1.165, 1.54) is 11.6 Å². The summed E-state index contributed by atoms with van der Waals surface area (Å²) in [5, 5.41) is 15.0. The molecule has 120 valence electrons. The first-order valence-electron chi connectivity index (χ1n) is 7.06. The van der Waals surface area contributed by atoms with Gasteiger partial charge in [-0.1, -0.05) is 0 Å². The number of nitro groups is 1. The number of carbonyl (C=O) groups excluding carboxylic acids is 2. The average molecular weight is 309 g/mol. The Morgan fingerprint density at radius 1 is 1.45 bits per heavy atom. The number of rotatable bonds is 4. The smallest absolute Gasteiger partial charge is 0.312 e. The first kappa shape index (κ1) is 15.9. The molecule has 1 fully saturated rings. The lowest BCUT2D eigenvalue weighted by molar-refractivity contribution is -0.386. The molecule has 1 aromatic rings. The van der Waals surface area contributed by atoms with Crippen LogP contribution in [-0.2, 0) is 16.1 Å². The molecule has 1 aliphatic heterocycles. The first-order chi connectivity index (χ1) is 10.3. The van der Waals surface area contributed by atoms with Gasteiger partial charge in [0.25, 0.3) is 0 Å². The highest BCUT2D eigenvalue weighted by Crippen LogP contribution is 2.22. The van der Waals surface area contributed by atoms with E-state index in [4.69, 9.17) is 5.73 Å². The molecule has 1 atom stereocenters. The number of hydrogen-bond acceptors (Lipinski definition) is 5. The number of primary amides is 1. The van der Waals surface area contributed by atoms with Crippen LogP contribution in [0.5, 0.6) is 0 Å². The van der Waals surface area contributed by atoms with Crippen molar-refractivity contribution in [3.05, 3.63) is 21.5 Å². The summed E-state index contributed by atoms with van der Waals surface area (Å²) in [4.78, 5) is 35.6. The molecule has 1 aromatic heterocycles. The van der Waals surface area contributed by atoms with Crippen LogP contribution in [0.25, 0.3) is 0 Å². The number of likely N-dealkylation sites (tertiary alicyclic amines) is 1. The van der Waals surface area contributed by atoms with Crippen LogP contribution in [0.4, 0.5) is 5.69 Å². The maximum absolute atomic E-state index is 12.3. The van der Waals surface area contributed by atoms with Gasteiger partial charge in [0.15, 0.2) is 0 Å². The molecule has 0 spiro atoms. The number of piperidine rings is 1. The Morgan fingerprint density at radius 3 is 2.68 bits per heavy atom. The normalized spacial score (nSPS) is 18.3. The van der Waals surface area contributed by atoms with Crippen LogP contribution in [0, 0.1) is 29.9 Å². The highest BCUT2D eigenvalue weighted by atomic mass is 16.6. The fraction of sp³-hybridized carbons (Fsp3) is 0.615. The van der Waals surface area contributed by atoms with E-state index in [-0.39, 0.29) is 29.8 Å². The third-order valence-electron chi connectivity index (χ3n) is 3.99. The summed E-state index contributed by atoms with van der Waals surface area (Å²) in [6, 6.07) is 0. The summed E-state index contributed by atoms with van der Waals surface area (Å²) in [7, 11) is 0. The summed E-state index contributed by atoms with van der Waals surface area (Å²) in [5.41, 5.74) is 5.85. The van der Waals surface area contributed by atoms with Gasteiger partial charge in [-0.25, -0.2) is 0 Å². The Bertz CT molecular complexity index is 624. The molecule has 1 unspecified atom stereocenters. The second-order valence-electron chi connectivity index (χ2n) is 5.52. The van der Waals surface area contributed by atoms with Gasteiger partial charge >= 0.3 is 5.69 Å². The van der Waals surface area contributed by atoms with Gasteiger partial charge < -0.3 is 10.6 Å². The molecule has 2 rings (SSSR count). The third kappa shape index (κ3) is 3.07. The molecule has 1 aliphatic rings. The van der Waals surface area contributed by atoms with Gasteiger partial charge in [-0.3, -0.25) is 24.4 Å². The Kier molecular flexibility index (Phi) is 4.43. The second-order valence-corrected chi connectivity index (χ2v) is 5.52. The summed E-state index contributed by atoms with van der Waals surface area (Å²) in [6.45, 7) is 3.88. The minimum absolute atomic E-state index is 0.0681. The van der Waals surface area contributed by atoms with Gasteiger partial charge in [0.2, 0.25) is 11.8 Å². The number of aryl methyl sites for hydroxylation is 1.